The molecule has 34 heavy (non-hydrogen) atoms. The molecule has 1 aliphatic heterocycles. The molecule has 0 radical (unpaired) electrons. The van der Waals surface area contributed by atoms with Gasteiger partial charge in [0.15, 0.2) is 11.5 Å². The van der Waals surface area contributed by atoms with Gasteiger partial charge in [-0.3, -0.25) is 14.9 Å². The lowest BCUT2D eigenvalue weighted by Gasteiger charge is -2.09. The lowest BCUT2D eigenvalue weighted by Crippen LogP contribution is -2.18. The third-order valence-corrected chi connectivity index (χ3v) is 5.19. The fourth-order valence-electron chi connectivity index (χ4n) is 3.56. The van der Waals surface area contributed by atoms with Crippen LogP contribution < -0.4 is 14.9 Å². The van der Waals surface area contributed by atoms with Crippen LogP contribution in [0.15, 0.2) is 71.8 Å². The van der Waals surface area contributed by atoms with Crippen LogP contribution in [-0.4, -0.2) is 28.8 Å². The highest BCUT2D eigenvalue weighted by Gasteiger charge is 2.22. The number of fused-ring (bicyclic) bond motifs is 2. The van der Waals surface area contributed by atoms with E-state index in [1.807, 2.05) is 0 Å². The summed E-state index contributed by atoms with van der Waals surface area (Å²) in [6.45, 7) is -0.0324. The summed E-state index contributed by atoms with van der Waals surface area (Å²) in [5, 5.41) is 15.9. The summed E-state index contributed by atoms with van der Waals surface area (Å²) in [6.07, 6.45) is 1.17. The normalized spacial score (nSPS) is 12.3. The zero-order chi connectivity index (χ0) is 23.7. The molecule has 0 fully saturated rings. The monoisotopic (exact) mass is 458 g/mol. The smallest absolute Gasteiger partial charge is 0.282 e. The molecule has 0 aliphatic carbocycles. The third-order valence-electron chi connectivity index (χ3n) is 5.19. The van der Waals surface area contributed by atoms with E-state index in [9.17, 15) is 19.3 Å². The number of aromatic nitrogens is 1. The molecule has 4 aromatic rings. The quantitative estimate of drug-likeness (QED) is 0.269. The second kappa shape index (κ2) is 8.58. The number of nitrogens with zero attached hydrogens (tertiary/aromatic N) is 3. The van der Waals surface area contributed by atoms with Gasteiger partial charge in [-0.1, -0.05) is 18.2 Å². The highest BCUT2D eigenvalue weighted by molar-refractivity contribution is 6.07. The molecule has 0 bridgehead atoms. The molecule has 1 aliphatic rings. The van der Waals surface area contributed by atoms with Crippen molar-refractivity contribution in [2.24, 2.45) is 5.10 Å². The Kier molecular flexibility index (Phi) is 5.30. The number of halogens is 1. The number of hydrogen-bond donors (Lipinski definition) is 1. The number of hydrazone groups is 1. The fraction of sp³-hybridized carbons (Fsp3) is 0.0417. The molecule has 1 aromatic heterocycles. The Morgan fingerprint density at radius 3 is 2.59 bits per heavy atom. The topological polar surface area (TPSA) is 116 Å². The van der Waals surface area contributed by atoms with Crippen LogP contribution >= 0.6 is 0 Å². The van der Waals surface area contributed by atoms with Crippen LogP contribution in [0.5, 0.6) is 11.5 Å². The second-order valence-electron chi connectivity index (χ2n) is 7.30. The van der Waals surface area contributed by atoms with E-state index in [0.29, 0.717) is 33.5 Å². The lowest BCUT2D eigenvalue weighted by atomic mass is 10.0. The minimum absolute atomic E-state index is 0.0324. The number of hydrogen-bond acceptors (Lipinski definition) is 7. The molecule has 0 spiro atoms. The van der Waals surface area contributed by atoms with Crippen LogP contribution in [0.4, 0.5) is 10.1 Å². The van der Waals surface area contributed by atoms with E-state index in [4.69, 9.17) is 9.47 Å². The molecule has 5 rings (SSSR count). The number of ether oxygens (including phenoxy) is 2. The van der Waals surface area contributed by atoms with Gasteiger partial charge in [0.2, 0.25) is 6.79 Å². The van der Waals surface area contributed by atoms with Crippen molar-refractivity contribution in [3.8, 4) is 22.8 Å². The molecule has 168 valence electrons. The van der Waals surface area contributed by atoms with Crippen LogP contribution in [0.3, 0.4) is 0 Å². The number of nitro groups is 1. The summed E-state index contributed by atoms with van der Waals surface area (Å²) >= 11 is 0. The Morgan fingerprint density at radius 2 is 1.82 bits per heavy atom. The van der Waals surface area contributed by atoms with Gasteiger partial charge < -0.3 is 9.47 Å². The van der Waals surface area contributed by atoms with Crippen LogP contribution in [-0.2, 0) is 0 Å². The van der Waals surface area contributed by atoms with E-state index >= 15 is 0 Å². The number of benzene rings is 3. The van der Waals surface area contributed by atoms with E-state index in [-0.39, 0.29) is 29.6 Å². The average Bonchev–Trinajstić information content (AvgIpc) is 3.30. The van der Waals surface area contributed by atoms with Crippen LogP contribution in [0.2, 0.25) is 0 Å². The second-order valence-corrected chi connectivity index (χ2v) is 7.30. The van der Waals surface area contributed by atoms with Crippen molar-refractivity contribution in [3.63, 3.8) is 0 Å². The minimum Gasteiger partial charge on any atom is -0.454 e. The van der Waals surface area contributed by atoms with Crippen molar-refractivity contribution in [1.29, 1.82) is 0 Å². The molecule has 0 unspecified atom stereocenters. The van der Waals surface area contributed by atoms with Gasteiger partial charge in [0.1, 0.15) is 5.82 Å². The summed E-state index contributed by atoms with van der Waals surface area (Å²) in [4.78, 5) is 28.4. The first-order valence-corrected chi connectivity index (χ1v) is 10.1. The summed E-state index contributed by atoms with van der Waals surface area (Å²) in [5.41, 5.74) is 4.30. The molecule has 10 heteroatoms. The molecule has 1 N–H and O–H groups in total. The van der Waals surface area contributed by atoms with Crippen LogP contribution in [0.1, 0.15) is 15.9 Å². The van der Waals surface area contributed by atoms with Gasteiger partial charge in [-0.05, 0) is 42.5 Å². The Bertz CT molecular complexity index is 1470. The number of pyridine rings is 1. The largest absolute Gasteiger partial charge is 0.454 e. The van der Waals surface area contributed by atoms with Gasteiger partial charge in [0, 0.05) is 10.9 Å². The Labute approximate surface area is 191 Å². The Hall–Kier alpha value is -4.86. The fourth-order valence-corrected chi connectivity index (χ4v) is 3.56. The van der Waals surface area contributed by atoms with Crippen LogP contribution in [0, 0.1) is 15.9 Å². The van der Waals surface area contributed by atoms with Crippen molar-refractivity contribution in [3.05, 3.63) is 93.8 Å². The van der Waals surface area contributed by atoms with E-state index in [2.05, 4.69) is 15.5 Å². The highest BCUT2D eigenvalue weighted by atomic mass is 19.1. The molecule has 0 atom stereocenters. The first kappa shape index (κ1) is 21.0. The molecule has 2 heterocycles. The molecular formula is C24H15FN4O5. The average molecular weight is 458 g/mol. The van der Waals surface area contributed by atoms with Crippen molar-refractivity contribution < 1.29 is 23.6 Å². The molecule has 9 nitrogen and oxygen atoms in total. The van der Waals surface area contributed by atoms with E-state index < -0.39 is 10.8 Å². The molecule has 0 saturated carbocycles. The zero-order valence-electron chi connectivity index (χ0n) is 17.4. The summed E-state index contributed by atoms with van der Waals surface area (Å²) in [6, 6.07) is 17.1. The summed E-state index contributed by atoms with van der Waals surface area (Å²) < 4.78 is 23.8. The molecule has 3 aromatic carbocycles. The van der Waals surface area contributed by atoms with Gasteiger partial charge in [0.25, 0.3) is 11.6 Å². The van der Waals surface area contributed by atoms with Gasteiger partial charge >= 0.3 is 0 Å². The molecule has 0 saturated heterocycles. The Morgan fingerprint density at radius 1 is 1.09 bits per heavy atom. The maximum absolute atomic E-state index is 13.3. The van der Waals surface area contributed by atoms with Gasteiger partial charge in [0.05, 0.1) is 39.5 Å². The number of nitro benzene ring substituents is 1. The van der Waals surface area contributed by atoms with E-state index in [0.717, 1.165) is 0 Å². The van der Waals surface area contributed by atoms with Crippen molar-refractivity contribution >= 4 is 28.7 Å². The van der Waals surface area contributed by atoms with Crippen molar-refractivity contribution in [2.45, 2.75) is 0 Å². The van der Waals surface area contributed by atoms with Gasteiger partial charge in [-0.25, -0.2) is 14.8 Å². The maximum Gasteiger partial charge on any atom is 0.282 e. The highest BCUT2D eigenvalue weighted by Crippen LogP contribution is 2.37. The lowest BCUT2D eigenvalue weighted by molar-refractivity contribution is -0.385. The number of para-hydroxylation sites is 1. The zero-order valence-corrected chi connectivity index (χ0v) is 17.4. The number of rotatable bonds is 5. The predicted molar refractivity (Wildman–Crippen MR) is 121 cm³/mol. The Balaban J connectivity index is 1.47. The van der Waals surface area contributed by atoms with Gasteiger partial charge in [-0.2, -0.15) is 5.10 Å². The summed E-state index contributed by atoms with van der Waals surface area (Å²) in [7, 11) is 0. The third kappa shape index (κ3) is 3.99. The maximum atomic E-state index is 13.3. The van der Waals surface area contributed by atoms with Crippen molar-refractivity contribution in [2.75, 3.05) is 6.79 Å². The predicted octanol–water partition coefficient (Wildman–Crippen LogP) is 4.44. The number of carbonyl (C=O) groups is 1. The summed E-state index contributed by atoms with van der Waals surface area (Å²) in [5.74, 6) is -0.303. The van der Waals surface area contributed by atoms with Crippen molar-refractivity contribution in [1.82, 2.24) is 10.4 Å². The van der Waals surface area contributed by atoms with E-state index in [1.54, 1.807) is 42.5 Å². The first-order valence-electron chi connectivity index (χ1n) is 10.1. The number of nitrogens with one attached hydrogen (secondary N) is 1. The standard InChI is InChI=1S/C24H15FN4O5/c25-16-7-5-14(6-8-16)20-10-18(17-3-1-2-4-19(17)27-20)24(30)28-26-12-15-9-22-23(34-13-33-22)11-21(15)29(31)32/h1-12H,13H2,(H,28,30). The number of carbonyl (C=O) groups excluding carboxylic acids is 1. The first-order chi connectivity index (χ1) is 16.5. The van der Waals surface area contributed by atoms with Crippen LogP contribution in [0.25, 0.3) is 22.2 Å². The number of amides is 1. The molecular weight excluding hydrogens is 443 g/mol. The molecule has 1 amide bonds. The van der Waals surface area contributed by atoms with E-state index in [1.165, 1.54) is 30.5 Å². The van der Waals surface area contributed by atoms with Gasteiger partial charge in [-0.15, -0.1) is 0 Å². The SMILES string of the molecule is O=C(NN=Cc1cc2c(cc1[N+](=O)[O-])OCO2)c1cc(-c2ccc(F)cc2)nc2ccccc12. The minimum atomic E-state index is -0.573.